The molecule has 1 aliphatic rings. The second-order valence-corrected chi connectivity index (χ2v) is 5.70. The largest absolute Gasteiger partial charge is 0.493 e. The van der Waals surface area contributed by atoms with Gasteiger partial charge in [-0.1, -0.05) is 35.9 Å². The maximum atomic E-state index is 12.6. The van der Waals surface area contributed by atoms with E-state index >= 15 is 0 Å². The first kappa shape index (κ1) is 15.3. The van der Waals surface area contributed by atoms with Gasteiger partial charge in [-0.25, -0.2) is 0 Å². The van der Waals surface area contributed by atoms with Crippen LogP contribution in [0.3, 0.4) is 0 Å². The summed E-state index contributed by atoms with van der Waals surface area (Å²) in [6.45, 7) is 2.17. The Morgan fingerprint density at radius 3 is 2.65 bits per heavy atom. The first-order valence-corrected chi connectivity index (χ1v) is 7.54. The van der Waals surface area contributed by atoms with Crippen LogP contribution in [0, 0.1) is 12.8 Å². The molecule has 0 aromatic heterocycles. The number of methoxy groups -OCH3 is 1. The van der Waals surface area contributed by atoms with Crippen molar-refractivity contribution in [1.29, 1.82) is 0 Å². The first-order valence-electron chi connectivity index (χ1n) is 7.54. The van der Waals surface area contributed by atoms with Crippen molar-refractivity contribution in [2.24, 2.45) is 5.92 Å². The Kier molecular flexibility index (Phi) is 4.15. The zero-order valence-electron chi connectivity index (χ0n) is 13.2. The Hall–Kier alpha value is -2.62. The number of carbonyl (C=O) groups is 2. The van der Waals surface area contributed by atoms with E-state index in [2.05, 4.69) is 0 Å². The van der Waals surface area contributed by atoms with Gasteiger partial charge in [0.2, 0.25) is 0 Å². The number of fused-ring (bicyclic) bond motifs is 1. The molecule has 0 bridgehead atoms. The summed E-state index contributed by atoms with van der Waals surface area (Å²) in [5.41, 5.74) is 2.21. The lowest BCUT2D eigenvalue weighted by Crippen LogP contribution is -2.30. The van der Waals surface area contributed by atoms with Crippen LogP contribution in [0.15, 0.2) is 42.5 Å². The van der Waals surface area contributed by atoms with Crippen molar-refractivity contribution in [2.75, 3.05) is 13.7 Å². The molecule has 118 valence electrons. The summed E-state index contributed by atoms with van der Waals surface area (Å²) in [7, 11) is 1.54. The Labute approximate surface area is 135 Å². The van der Waals surface area contributed by atoms with Gasteiger partial charge in [-0.15, -0.1) is 0 Å². The number of carbonyl (C=O) groups excluding carboxylic acids is 2. The van der Waals surface area contributed by atoms with E-state index in [9.17, 15) is 9.59 Å². The number of ether oxygens (including phenoxy) is 2. The lowest BCUT2D eigenvalue weighted by Gasteiger charge is -2.25. The van der Waals surface area contributed by atoms with E-state index in [0.29, 0.717) is 22.6 Å². The molecule has 4 nitrogen and oxygen atoms in total. The summed E-state index contributed by atoms with van der Waals surface area (Å²) in [5, 5.41) is 0. The minimum absolute atomic E-state index is 0.0432. The Balaban J connectivity index is 1.79. The van der Waals surface area contributed by atoms with Crippen molar-refractivity contribution in [3.63, 3.8) is 0 Å². The Morgan fingerprint density at radius 2 is 1.96 bits per heavy atom. The maximum absolute atomic E-state index is 12.6. The Morgan fingerprint density at radius 1 is 1.22 bits per heavy atom. The zero-order chi connectivity index (χ0) is 16.4. The van der Waals surface area contributed by atoms with E-state index in [1.807, 2.05) is 19.1 Å². The average Bonchev–Trinajstić information content (AvgIpc) is 2.57. The van der Waals surface area contributed by atoms with Crippen molar-refractivity contribution < 1.29 is 19.1 Å². The predicted molar refractivity (Wildman–Crippen MR) is 86.4 cm³/mol. The molecule has 0 saturated carbocycles. The third kappa shape index (κ3) is 2.97. The van der Waals surface area contributed by atoms with Crippen LogP contribution in [0.4, 0.5) is 0 Å². The van der Waals surface area contributed by atoms with Crippen LogP contribution >= 0.6 is 0 Å². The van der Waals surface area contributed by atoms with E-state index in [1.54, 1.807) is 30.3 Å². The van der Waals surface area contributed by atoms with Crippen LogP contribution in [0.2, 0.25) is 0 Å². The predicted octanol–water partition coefficient (Wildman–Crippen LogP) is 3.47. The SMILES string of the molecule is COc1cccc2c1OCC(CC(=O)c1ccc(C)cc1)C2=O. The highest BCUT2D eigenvalue weighted by molar-refractivity contribution is 6.06. The summed E-state index contributed by atoms with van der Waals surface area (Å²) >= 11 is 0. The number of benzene rings is 2. The smallest absolute Gasteiger partial charge is 0.173 e. The highest BCUT2D eigenvalue weighted by Crippen LogP contribution is 2.36. The van der Waals surface area contributed by atoms with E-state index in [1.165, 1.54) is 7.11 Å². The molecule has 1 aliphatic heterocycles. The van der Waals surface area contributed by atoms with E-state index < -0.39 is 5.92 Å². The minimum Gasteiger partial charge on any atom is -0.493 e. The monoisotopic (exact) mass is 310 g/mol. The van der Waals surface area contributed by atoms with Crippen molar-refractivity contribution in [3.8, 4) is 11.5 Å². The van der Waals surface area contributed by atoms with Crippen LogP contribution in [-0.4, -0.2) is 25.3 Å². The zero-order valence-corrected chi connectivity index (χ0v) is 13.2. The second kappa shape index (κ2) is 6.24. The summed E-state index contributed by atoms with van der Waals surface area (Å²) in [6, 6.07) is 12.6. The van der Waals surface area contributed by atoms with Crippen LogP contribution in [0.5, 0.6) is 11.5 Å². The number of Topliss-reactive ketones (excluding diaryl/α,β-unsaturated/α-hetero) is 2. The molecule has 0 fully saturated rings. The Bertz CT molecular complexity index is 746. The second-order valence-electron chi connectivity index (χ2n) is 5.70. The number of ketones is 2. The van der Waals surface area contributed by atoms with Gasteiger partial charge in [-0.3, -0.25) is 9.59 Å². The molecule has 1 heterocycles. The third-order valence-electron chi connectivity index (χ3n) is 4.07. The van der Waals surface area contributed by atoms with Crippen molar-refractivity contribution >= 4 is 11.6 Å². The molecular weight excluding hydrogens is 292 g/mol. The molecule has 23 heavy (non-hydrogen) atoms. The standard InChI is InChI=1S/C19H18O4/c1-12-6-8-13(9-7-12)16(20)10-14-11-23-19-15(18(14)21)4-3-5-17(19)22-2/h3-9,14H,10-11H2,1-2H3. The topological polar surface area (TPSA) is 52.6 Å². The fourth-order valence-electron chi connectivity index (χ4n) is 2.73. The molecule has 1 atom stereocenters. The van der Waals surface area contributed by atoms with Crippen LogP contribution in [0.25, 0.3) is 0 Å². The van der Waals surface area contributed by atoms with E-state index in [4.69, 9.17) is 9.47 Å². The maximum Gasteiger partial charge on any atom is 0.173 e. The molecule has 1 unspecified atom stereocenters. The van der Waals surface area contributed by atoms with Gasteiger partial charge < -0.3 is 9.47 Å². The molecule has 4 heteroatoms. The van der Waals surface area contributed by atoms with Crippen LogP contribution < -0.4 is 9.47 Å². The highest BCUT2D eigenvalue weighted by Gasteiger charge is 2.32. The van der Waals surface area contributed by atoms with Gasteiger partial charge in [-0.2, -0.15) is 0 Å². The lowest BCUT2D eigenvalue weighted by molar-refractivity contribution is 0.0764. The molecule has 0 aliphatic carbocycles. The van der Waals surface area contributed by atoms with Gasteiger partial charge in [-0.05, 0) is 19.1 Å². The van der Waals surface area contributed by atoms with Crippen LogP contribution in [0.1, 0.15) is 32.7 Å². The molecule has 0 N–H and O–H groups in total. The molecule has 0 radical (unpaired) electrons. The number of hydrogen-bond donors (Lipinski definition) is 0. The number of rotatable bonds is 4. The van der Waals surface area contributed by atoms with Gasteiger partial charge in [0.15, 0.2) is 23.1 Å². The van der Waals surface area contributed by atoms with Crippen LogP contribution in [-0.2, 0) is 0 Å². The lowest BCUT2D eigenvalue weighted by atomic mass is 9.89. The van der Waals surface area contributed by atoms with Gasteiger partial charge in [0.25, 0.3) is 0 Å². The van der Waals surface area contributed by atoms with E-state index in [-0.39, 0.29) is 24.6 Å². The van der Waals surface area contributed by atoms with Gasteiger partial charge in [0.1, 0.15) is 0 Å². The molecular formula is C19H18O4. The summed E-state index contributed by atoms with van der Waals surface area (Å²) < 4.78 is 10.9. The summed E-state index contributed by atoms with van der Waals surface area (Å²) in [4.78, 5) is 25.0. The molecule has 2 aromatic rings. The fourth-order valence-corrected chi connectivity index (χ4v) is 2.73. The number of para-hydroxylation sites is 1. The van der Waals surface area contributed by atoms with Gasteiger partial charge in [0, 0.05) is 12.0 Å². The number of aryl methyl sites for hydroxylation is 1. The first-order chi connectivity index (χ1) is 11.1. The third-order valence-corrected chi connectivity index (χ3v) is 4.07. The summed E-state index contributed by atoms with van der Waals surface area (Å²) in [6.07, 6.45) is 0.151. The van der Waals surface area contributed by atoms with Crippen molar-refractivity contribution in [3.05, 3.63) is 59.2 Å². The highest BCUT2D eigenvalue weighted by atomic mass is 16.5. The molecule has 0 saturated heterocycles. The van der Waals surface area contributed by atoms with Crippen molar-refractivity contribution in [1.82, 2.24) is 0 Å². The summed E-state index contributed by atoms with van der Waals surface area (Å²) in [5.74, 6) is 0.450. The number of hydrogen-bond acceptors (Lipinski definition) is 4. The molecule has 0 spiro atoms. The minimum atomic E-state index is -0.455. The van der Waals surface area contributed by atoms with Gasteiger partial charge in [0.05, 0.1) is 25.2 Å². The van der Waals surface area contributed by atoms with Crippen molar-refractivity contribution in [2.45, 2.75) is 13.3 Å². The van der Waals surface area contributed by atoms with Gasteiger partial charge >= 0.3 is 0 Å². The average molecular weight is 310 g/mol. The quantitative estimate of drug-likeness (QED) is 0.811. The molecule has 2 aromatic carbocycles. The fraction of sp³-hybridized carbons (Fsp3) is 0.263. The van der Waals surface area contributed by atoms with E-state index in [0.717, 1.165) is 5.56 Å². The molecule has 0 amide bonds. The normalized spacial score (nSPS) is 16.4. The molecule has 3 rings (SSSR count).